The lowest BCUT2D eigenvalue weighted by Gasteiger charge is -2.06. The van der Waals surface area contributed by atoms with Gasteiger partial charge in [0.1, 0.15) is 6.33 Å². The highest BCUT2D eigenvalue weighted by Crippen LogP contribution is 2.15. The molecular weight excluding hydrogens is 318 g/mol. The number of anilines is 1. The molecule has 2 heterocycles. The maximum absolute atomic E-state index is 12.4. The molecule has 0 atom stereocenters. The van der Waals surface area contributed by atoms with Crippen molar-refractivity contribution in [3.8, 4) is 11.4 Å². The number of hydrogen-bond donors (Lipinski definition) is 1. The van der Waals surface area contributed by atoms with Crippen LogP contribution in [0.1, 0.15) is 10.4 Å². The fourth-order valence-corrected chi connectivity index (χ4v) is 2.37. The van der Waals surface area contributed by atoms with E-state index in [1.54, 1.807) is 23.0 Å². The van der Waals surface area contributed by atoms with E-state index in [-0.39, 0.29) is 5.91 Å². The Morgan fingerprint density at radius 3 is 2.60 bits per heavy atom. The first-order valence-corrected chi connectivity index (χ1v) is 7.54. The van der Waals surface area contributed by atoms with Crippen LogP contribution in [0.5, 0.6) is 0 Å². The number of nitrogens with zero attached hydrogens (tertiary/aromatic N) is 6. The molecule has 0 unspecified atom stereocenters. The molecule has 0 spiro atoms. The number of para-hydroxylation sites is 1. The quantitative estimate of drug-likeness (QED) is 0.618. The van der Waals surface area contributed by atoms with Gasteiger partial charge in [-0.3, -0.25) is 4.79 Å². The van der Waals surface area contributed by atoms with Gasteiger partial charge in [0, 0.05) is 11.9 Å². The third-order valence-electron chi connectivity index (χ3n) is 3.58. The Morgan fingerprint density at radius 1 is 0.960 bits per heavy atom. The molecule has 0 radical (unpaired) electrons. The molecule has 4 rings (SSSR count). The van der Waals surface area contributed by atoms with E-state index in [0.29, 0.717) is 11.3 Å². The lowest BCUT2D eigenvalue weighted by molar-refractivity contribution is 0.102. The highest BCUT2D eigenvalue weighted by atomic mass is 16.1. The molecule has 4 aromatic rings. The Labute approximate surface area is 142 Å². The Kier molecular flexibility index (Phi) is 3.76. The van der Waals surface area contributed by atoms with Crippen LogP contribution in [0.25, 0.3) is 11.4 Å². The number of benzene rings is 2. The van der Waals surface area contributed by atoms with E-state index in [0.717, 1.165) is 11.4 Å². The zero-order chi connectivity index (χ0) is 17.1. The van der Waals surface area contributed by atoms with E-state index >= 15 is 0 Å². The van der Waals surface area contributed by atoms with Gasteiger partial charge in [0.25, 0.3) is 5.91 Å². The first kappa shape index (κ1) is 14.8. The van der Waals surface area contributed by atoms with Gasteiger partial charge in [-0.25, -0.2) is 9.36 Å². The normalized spacial score (nSPS) is 10.6. The maximum Gasteiger partial charge on any atom is 0.258 e. The molecule has 0 saturated heterocycles. The summed E-state index contributed by atoms with van der Waals surface area (Å²) < 4.78 is 3.18. The van der Waals surface area contributed by atoms with Crippen molar-refractivity contribution in [3.05, 3.63) is 78.9 Å². The lowest BCUT2D eigenvalue weighted by atomic mass is 10.2. The Hall–Kier alpha value is -3.81. The molecule has 1 amide bonds. The third kappa shape index (κ3) is 3.13. The molecule has 0 bridgehead atoms. The summed E-state index contributed by atoms with van der Waals surface area (Å²) >= 11 is 0. The summed E-state index contributed by atoms with van der Waals surface area (Å²) in [6.07, 6.45) is 4.72. The molecule has 0 aliphatic heterocycles. The molecular formula is C17H13N7O. The standard InChI is InChI=1S/C17H13N7O/c25-17(13-10-19-23(11-13)15-6-2-1-3-7-15)20-14-5-4-8-16(9-14)24-12-18-21-22-24/h1-12H,(H,20,25). The minimum atomic E-state index is -0.240. The van der Waals surface area contributed by atoms with Gasteiger partial charge in [-0.05, 0) is 40.8 Å². The van der Waals surface area contributed by atoms with E-state index in [4.69, 9.17) is 0 Å². The lowest BCUT2D eigenvalue weighted by Crippen LogP contribution is -2.11. The highest BCUT2D eigenvalue weighted by molar-refractivity contribution is 6.04. The second-order valence-corrected chi connectivity index (χ2v) is 5.27. The van der Waals surface area contributed by atoms with Crippen LogP contribution in [0, 0.1) is 0 Å². The van der Waals surface area contributed by atoms with Crippen molar-refractivity contribution in [1.29, 1.82) is 0 Å². The Balaban J connectivity index is 1.53. The van der Waals surface area contributed by atoms with Crippen molar-refractivity contribution in [2.24, 2.45) is 0 Å². The number of hydrogen-bond acceptors (Lipinski definition) is 5. The Morgan fingerprint density at radius 2 is 1.80 bits per heavy atom. The highest BCUT2D eigenvalue weighted by Gasteiger charge is 2.10. The van der Waals surface area contributed by atoms with E-state index in [9.17, 15) is 4.79 Å². The molecule has 0 aliphatic rings. The van der Waals surface area contributed by atoms with Crippen LogP contribution in [-0.4, -0.2) is 35.9 Å². The molecule has 0 fully saturated rings. The monoisotopic (exact) mass is 331 g/mol. The molecule has 8 nitrogen and oxygen atoms in total. The Bertz CT molecular complexity index is 993. The van der Waals surface area contributed by atoms with E-state index in [1.807, 2.05) is 42.5 Å². The number of nitrogens with one attached hydrogen (secondary N) is 1. The van der Waals surface area contributed by atoms with Crippen molar-refractivity contribution in [1.82, 2.24) is 30.0 Å². The second kappa shape index (κ2) is 6.36. The fraction of sp³-hybridized carbons (Fsp3) is 0. The van der Waals surface area contributed by atoms with Crippen molar-refractivity contribution in [2.75, 3.05) is 5.32 Å². The van der Waals surface area contributed by atoms with Gasteiger partial charge in [-0.2, -0.15) is 5.10 Å². The zero-order valence-electron chi connectivity index (χ0n) is 13.0. The third-order valence-corrected chi connectivity index (χ3v) is 3.58. The number of aromatic nitrogens is 6. The summed E-state index contributed by atoms with van der Waals surface area (Å²) in [5, 5.41) is 18.1. The minimum absolute atomic E-state index is 0.240. The summed E-state index contributed by atoms with van der Waals surface area (Å²) in [5.74, 6) is -0.240. The predicted octanol–water partition coefficient (Wildman–Crippen LogP) is 2.10. The predicted molar refractivity (Wildman–Crippen MR) is 90.7 cm³/mol. The first-order valence-electron chi connectivity index (χ1n) is 7.54. The largest absolute Gasteiger partial charge is 0.322 e. The number of rotatable bonds is 4. The topological polar surface area (TPSA) is 90.5 Å². The average molecular weight is 331 g/mol. The molecule has 25 heavy (non-hydrogen) atoms. The fourth-order valence-electron chi connectivity index (χ4n) is 2.37. The van der Waals surface area contributed by atoms with Crippen LogP contribution < -0.4 is 5.32 Å². The number of tetrazole rings is 1. The van der Waals surface area contributed by atoms with Crippen LogP contribution in [0.3, 0.4) is 0 Å². The summed E-state index contributed by atoms with van der Waals surface area (Å²) in [4.78, 5) is 12.4. The summed E-state index contributed by atoms with van der Waals surface area (Å²) in [7, 11) is 0. The minimum Gasteiger partial charge on any atom is -0.322 e. The van der Waals surface area contributed by atoms with Crippen LogP contribution in [0.2, 0.25) is 0 Å². The van der Waals surface area contributed by atoms with Crippen LogP contribution in [0.15, 0.2) is 73.3 Å². The molecule has 122 valence electrons. The van der Waals surface area contributed by atoms with Crippen molar-refractivity contribution < 1.29 is 4.79 Å². The van der Waals surface area contributed by atoms with E-state index < -0.39 is 0 Å². The van der Waals surface area contributed by atoms with Gasteiger partial charge in [-0.1, -0.05) is 24.3 Å². The molecule has 2 aromatic heterocycles. The van der Waals surface area contributed by atoms with Crippen molar-refractivity contribution in [2.45, 2.75) is 0 Å². The summed E-state index contributed by atoms with van der Waals surface area (Å²) in [6.45, 7) is 0. The molecule has 2 aromatic carbocycles. The molecule has 8 heteroatoms. The van der Waals surface area contributed by atoms with E-state index in [2.05, 4.69) is 25.9 Å². The van der Waals surface area contributed by atoms with Gasteiger partial charge in [0.05, 0.1) is 23.1 Å². The average Bonchev–Trinajstić information content (AvgIpc) is 3.35. The maximum atomic E-state index is 12.4. The van der Waals surface area contributed by atoms with Gasteiger partial charge in [0.15, 0.2) is 0 Å². The number of carbonyl (C=O) groups excluding carboxylic acids is 1. The van der Waals surface area contributed by atoms with Crippen LogP contribution >= 0.6 is 0 Å². The second-order valence-electron chi connectivity index (χ2n) is 5.27. The molecule has 0 aliphatic carbocycles. The molecule has 1 N–H and O–H groups in total. The smallest absolute Gasteiger partial charge is 0.258 e. The zero-order valence-corrected chi connectivity index (χ0v) is 13.0. The molecule has 0 saturated carbocycles. The van der Waals surface area contributed by atoms with Gasteiger partial charge in [0.2, 0.25) is 0 Å². The van der Waals surface area contributed by atoms with Gasteiger partial charge < -0.3 is 5.32 Å². The number of amides is 1. The van der Waals surface area contributed by atoms with E-state index in [1.165, 1.54) is 17.2 Å². The first-order chi connectivity index (χ1) is 12.3. The number of carbonyl (C=O) groups is 1. The summed E-state index contributed by atoms with van der Waals surface area (Å²) in [6, 6.07) is 16.9. The SMILES string of the molecule is O=C(Nc1cccc(-n2cnnn2)c1)c1cnn(-c2ccccc2)c1. The van der Waals surface area contributed by atoms with Gasteiger partial charge >= 0.3 is 0 Å². The van der Waals surface area contributed by atoms with Crippen molar-refractivity contribution >= 4 is 11.6 Å². The summed E-state index contributed by atoms with van der Waals surface area (Å²) in [5.41, 5.74) is 2.76. The van der Waals surface area contributed by atoms with Crippen LogP contribution in [-0.2, 0) is 0 Å². The van der Waals surface area contributed by atoms with Crippen molar-refractivity contribution in [3.63, 3.8) is 0 Å². The van der Waals surface area contributed by atoms with Gasteiger partial charge in [-0.15, -0.1) is 5.10 Å². The van der Waals surface area contributed by atoms with Crippen LogP contribution in [0.4, 0.5) is 5.69 Å².